The van der Waals surface area contributed by atoms with Crippen LogP contribution in [0.1, 0.15) is 33.1 Å². The van der Waals surface area contributed by atoms with Crippen molar-refractivity contribution in [1.29, 1.82) is 0 Å². The Labute approximate surface area is 104 Å². The minimum Gasteiger partial charge on any atom is -0.377 e. The van der Waals surface area contributed by atoms with Crippen molar-refractivity contribution in [2.45, 2.75) is 45.3 Å². The van der Waals surface area contributed by atoms with Crippen LogP contribution >= 0.6 is 0 Å². The third-order valence-corrected chi connectivity index (χ3v) is 3.80. The van der Waals surface area contributed by atoms with Crippen molar-refractivity contribution in [3.05, 3.63) is 0 Å². The first kappa shape index (κ1) is 12.8. The Kier molecular flexibility index (Phi) is 4.40. The molecular formula is C13H24N2O2. The first-order valence-corrected chi connectivity index (χ1v) is 6.80. The fraction of sp³-hybridized carbons (Fsp3) is 0.923. The van der Waals surface area contributed by atoms with Crippen molar-refractivity contribution in [3.63, 3.8) is 0 Å². The lowest BCUT2D eigenvalue weighted by Gasteiger charge is -2.44. The Morgan fingerprint density at radius 2 is 2.29 bits per heavy atom. The molecule has 0 aromatic heterocycles. The van der Waals surface area contributed by atoms with E-state index in [1.165, 1.54) is 0 Å². The molecule has 0 aromatic carbocycles. The third-order valence-electron chi connectivity index (χ3n) is 3.80. The molecule has 0 aromatic rings. The molecule has 0 saturated carbocycles. The average Bonchev–Trinajstić information content (AvgIpc) is 2.32. The van der Waals surface area contributed by atoms with Crippen LogP contribution in [0, 0.1) is 5.92 Å². The molecule has 2 aliphatic rings. The number of rotatable bonds is 4. The fourth-order valence-electron chi connectivity index (χ4n) is 2.93. The molecule has 0 spiro atoms. The first-order valence-electron chi connectivity index (χ1n) is 6.80. The van der Waals surface area contributed by atoms with Gasteiger partial charge in [-0.05, 0) is 45.7 Å². The van der Waals surface area contributed by atoms with Gasteiger partial charge in [-0.15, -0.1) is 0 Å². The summed E-state index contributed by atoms with van der Waals surface area (Å²) in [6, 6.07) is 0.452. The Bertz CT molecular complexity index is 268. The molecule has 4 heteroatoms. The van der Waals surface area contributed by atoms with E-state index in [2.05, 4.69) is 10.2 Å². The van der Waals surface area contributed by atoms with Gasteiger partial charge in [0.05, 0.1) is 12.7 Å². The summed E-state index contributed by atoms with van der Waals surface area (Å²) in [4.78, 5) is 14.0. The fourth-order valence-corrected chi connectivity index (χ4v) is 2.93. The molecule has 1 N–H and O–H groups in total. The zero-order chi connectivity index (χ0) is 12.3. The van der Waals surface area contributed by atoms with Crippen LogP contribution in [0.4, 0.5) is 0 Å². The lowest BCUT2D eigenvalue weighted by atomic mass is 9.84. The summed E-state index contributed by atoms with van der Waals surface area (Å²) in [5, 5.41) is 3.42. The van der Waals surface area contributed by atoms with Crippen molar-refractivity contribution in [1.82, 2.24) is 10.2 Å². The van der Waals surface area contributed by atoms with Crippen LogP contribution in [0.5, 0.6) is 0 Å². The van der Waals surface area contributed by atoms with E-state index in [0.29, 0.717) is 30.9 Å². The number of nitrogens with zero attached hydrogens (tertiary/aromatic N) is 1. The van der Waals surface area contributed by atoms with Gasteiger partial charge in [0.2, 0.25) is 5.91 Å². The second kappa shape index (κ2) is 5.83. The topological polar surface area (TPSA) is 41.6 Å². The molecule has 17 heavy (non-hydrogen) atoms. The van der Waals surface area contributed by atoms with Crippen LogP contribution in [0.3, 0.4) is 0 Å². The summed E-state index contributed by atoms with van der Waals surface area (Å²) >= 11 is 0. The summed E-state index contributed by atoms with van der Waals surface area (Å²) in [5.41, 5.74) is 0. The second-order valence-corrected chi connectivity index (χ2v) is 5.37. The van der Waals surface area contributed by atoms with Crippen LogP contribution in [0.15, 0.2) is 0 Å². The molecule has 2 atom stereocenters. The summed E-state index contributed by atoms with van der Waals surface area (Å²) in [7, 11) is 0. The van der Waals surface area contributed by atoms with Crippen LogP contribution in [0.25, 0.3) is 0 Å². The molecule has 0 aliphatic carbocycles. The number of carbonyl (C=O) groups is 1. The summed E-state index contributed by atoms with van der Waals surface area (Å²) in [5.74, 6) is 0.973. The van der Waals surface area contributed by atoms with E-state index in [1.54, 1.807) is 0 Å². The highest BCUT2D eigenvalue weighted by Gasteiger charge is 2.36. The Morgan fingerprint density at radius 3 is 3.06 bits per heavy atom. The molecule has 0 radical (unpaired) electrons. The number of amides is 1. The van der Waals surface area contributed by atoms with E-state index in [1.807, 2.05) is 13.8 Å². The summed E-state index contributed by atoms with van der Waals surface area (Å²) in [6.45, 7) is 7.60. The van der Waals surface area contributed by atoms with Gasteiger partial charge >= 0.3 is 0 Å². The molecule has 0 bridgehead atoms. The lowest BCUT2D eigenvalue weighted by molar-refractivity contribution is -0.141. The van der Waals surface area contributed by atoms with Gasteiger partial charge in [-0.3, -0.25) is 4.79 Å². The molecule has 2 fully saturated rings. The number of hydrogen-bond acceptors (Lipinski definition) is 3. The molecule has 4 nitrogen and oxygen atoms in total. The molecule has 2 heterocycles. The maximum Gasteiger partial charge on any atom is 0.222 e. The molecule has 2 unspecified atom stereocenters. The minimum absolute atomic E-state index is 0.249. The molecule has 1 amide bonds. The maximum atomic E-state index is 12.0. The van der Waals surface area contributed by atoms with Crippen LogP contribution in [-0.4, -0.2) is 49.2 Å². The third kappa shape index (κ3) is 3.19. The Balaban J connectivity index is 1.89. The Morgan fingerprint density at radius 1 is 1.47 bits per heavy atom. The standard InChI is InChI=1S/C13H24N2O2/c1-10(2)17-8-7-15-12-5-6-14-9-11(12)3-4-13(15)16/h10-12,14H,3-9H2,1-2H3. The highest BCUT2D eigenvalue weighted by atomic mass is 16.5. The SMILES string of the molecule is CC(C)OCCN1C(=O)CCC2CNCCC21. The molecule has 2 rings (SSSR count). The van der Waals surface area contributed by atoms with Crippen LogP contribution in [0.2, 0.25) is 0 Å². The largest absolute Gasteiger partial charge is 0.377 e. The number of ether oxygens (including phenoxy) is 1. The van der Waals surface area contributed by atoms with Gasteiger partial charge in [-0.25, -0.2) is 0 Å². The molecule has 2 aliphatic heterocycles. The van der Waals surface area contributed by atoms with Crippen LogP contribution < -0.4 is 5.32 Å². The van der Waals surface area contributed by atoms with E-state index in [0.717, 1.165) is 32.5 Å². The predicted molar refractivity (Wildman–Crippen MR) is 66.8 cm³/mol. The zero-order valence-corrected chi connectivity index (χ0v) is 10.9. The highest BCUT2D eigenvalue weighted by molar-refractivity contribution is 5.77. The quantitative estimate of drug-likeness (QED) is 0.797. The van der Waals surface area contributed by atoms with Gasteiger partial charge in [0, 0.05) is 19.0 Å². The molecule has 2 saturated heterocycles. The number of hydrogen-bond donors (Lipinski definition) is 1. The zero-order valence-electron chi connectivity index (χ0n) is 10.9. The van der Waals surface area contributed by atoms with E-state index in [9.17, 15) is 4.79 Å². The maximum absolute atomic E-state index is 12.0. The average molecular weight is 240 g/mol. The van der Waals surface area contributed by atoms with E-state index in [-0.39, 0.29) is 6.10 Å². The van der Waals surface area contributed by atoms with Crippen molar-refractivity contribution in [2.24, 2.45) is 5.92 Å². The molecule has 98 valence electrons. The summed E-state index contributed by atoms with van der Waals surface area (Å²) in [6.07, 6.45) is 3.11. The van der Waals surface area contributed by atoms with E-state index >= 15 is 0 Å². The lowest BCUT2D eigenvalue weighted by Crippen LogP contribution is -2.55. The highest BCUT2D eigenvalue weighted by Crippen LogP contribution is 2.28. The number of likely N-dealkylation sites (tertiary alicyclic amines) is 1. The number of piperidine rings is 2. The number of nitrogens with one attached hydrogen (secondary N) is 1. The minimum atomic E-state index is 0.249. The van der Waals surface area contributed by atoms with E-state index < -0.39 is 0 Å². The number of carbonyl (C=O) groups excluding carboxylic acids is 1. The molecular weight excluding hydrogens is 216 g/mol. The van der Waals surface area contributed by atoms with Gasteiger partial charge < -0.3 is 15.0 Å². The number of fused-ring (bicyclic) bond motifs is 1. The predicted octanol–water partition coefficient (Wildman–Crippen LogP) is 1.01. The van der Waals surface area contributed by atoms with Gasteiger partial charge in [0.25, 0.3) is 0 Å². The van der Waals surface area contributed by atoms with Gasteiger partial charge in [0.15, 0.2) is 0 Å². The van der Waals surface area contributed by atoms with Gasteiger partial charge in [0.1, 0.15) is 0 Å². The second-order valence-electron chi connectivity index (χ2n) is 5.37. The van der Waals surface area contributed by atoms with Gasteiger partial charge in [-0.1, -0.05) is 0 Å². The smallest absolute Gasteiger partial charge is 0.222 e. The van der Waals surface area contributed by atoms with Gasteiger partial charge in [-0.2, -0.15) is 0 Å². The van der Waals surface area contributed by atoms with E-state index in [4.69, 9.17) is 4.74 Å². The normalized spacial score (nSPS) is 29.6. The van der Waals surface area contributed by atoms with Crippen molar-refractivity contribution in [2.75, 3.05) is 26.2 Å². The Hall–Kier alpha value is -0.610. The monoisotopic (exact) mass is 240 g/mol. The van der Waals surface area contributed by atoms with Crippen LogP contribution in [-0.2, 0) is 9.53 Å². The van der Waals surface area contributed by atoms with Crippen molar-refractivity contribution < 1.29 is 9.53 Å². The van der Waals surface area contributed by atoms with Crippen molar-refractivity contribution in [3.8, 4) is 0 Å². The van der Waals surface area contributed by atoms with Crippen molar-refractivity contribution >= 4 is 5.91 Å². The first-order chi connectivity index (χ1) is 8.18. The summed E-state index contributed by atoms with van der Waals surface area (Å²) < 4.78 is 5.56.